The highest BCUT2D eigenvalue weighted by molar-refractivity contribution is 9.10. The number of methoxy groups -OCH3 is 1. The molecule has 9 heteroatoms. The molecule has 0 aliphatic rings. The minimum absolute atomic E-state index is 0.187. The third-order valence-corrected chi connectivity index (χ3v) is 5.75. The van der Waals surface area contributed by atoms with Crippen LogP contribution in [-0.4, -0.2) is 25.1 Å². The number of carbonyl (C=O) groups is 2. The molecule has 0 bridgehead atoms. The average Bonchev–Trinajstić information content (AvgIpc) is 2.88. The van der Waals surface area contributed by atoms with Crippen molar-refractivity contribution in [2.24, 2.45) is 5.10 Å². The summed E-state index contributed by atoms with van der Waals surface area (Å²) in [4.78, 5) is 24.4. The van der Waals surface area contributed by atoms with Gasteiger partial charge in [0, 0.05) is 11.3 Å². The standard InChI is InChI=1S/C27H25BrN4O4/c1-3-19-8-6-7-11-23(19)31-25(33)14-26(34)32-30-16-18-12-22(28)27(24(13-18)35-2)36-17-21-10-5-4-9-20(21)15-29/h4-13,16H,3,14,17H2,1-2H3,(H,31,33)(H,32,34). The summed E-state index contributed by atoms with van der Waals surface area (Å²) in [6, 6.07) is 20.2. The number of nitrogens with zero attached hydrogens (tertiary/aromatic N) is 2. The number of aryl methyl sites for hydroxylation is 1. The van der Waals surface area contributed by atoms with E-state index >= 15 is 0 Å². The zero-order valence-corrected chi connectivity index (χ0v) is 21.5. The molecule has 0 unspecified atom stereocenters. The van der Waals surface area contributed by atoms with E-state index in [1.165, 1.54) is 13.3 Å². The highest BCUT2D eigenvalue weighted by atomic mass is 79.9. The Morgan fingerprint density at radius 3 is 2.53 bits per heavy atom. The fraction of sp³-hybridized carbons (Fsp3) is 0.185. The highest BCUT2D eigenvalue weighted by Gasteiger charge is 2.13. The molecule has 3 aromatic rings. The first-order valence-corrected chi connectivity index (χ1v) is 11.9. The van der Waals surface area contributed by atoms with Gasteiger partial charge in [-0.25, -0.2) is 5.43 Å². The third kappa shape index (κ3) is 7.17. The molecule has 0 aliphatic carbocycles. The van der Waals surface area contributed by atoms with Gasteiger partial charge in [0.15, 0.2) is 11.5 Å². The maximum atomic E-state index is 12.2. The van der Waals surface area contributed by atoms with Gasteiger partial charge in [-0.3, -0.25) is 9.59 Å². The van der Waals surface area contributed by atoms with Crippen LogP contribution in [0.1, 0.15) is 35.6 Å². The first-order chi connectivity index (χ1) is 17.4. The minimum Gasteiger partial charge on any atom is -0.493 e. The monoisotopic (exact) mass is 548 g/mol. The Hall–Kier alpha value is -4.16. The lowest BCUT2D eigenvalue weighted by Crippen LogP contribution is -2.25. The Kier molecular flexibility index (Phi) is 9.60. The SMILES string of the molecule is CCc1ccccc1NC(=O)CC(=O)NN=Cc1cc(Br)c(OCc2ccccc2C#N)c(OC)c1. The van der Waals surface area contributed by atoms with Crippen molar-refractivity contribution in [2.75, 3.05) is 12.4 Å². The second-order valence-electron chi connectivity index (χ2n) is 7.62. The van der Waals surface area contributed by atoms with Gasteiger partial charge in [0.1, 0.15) is 13.0 Å². The van der Waals surface area contributed by atoms with Crippen LogP contribution in [0.25, 0.3) is 0 Å². The van der Waals surface area contributed by atoms with E-state index in [2.05, 4.69) is 37.8 Å². The van der Waals surface area contributed by atoms with Gasteiger partial charge < -0.3 is 14.8 Å². The third-order valence-electron chi connectivity index (χ3n) is 5.16. The predicted molar refractivity (Wildman–Crippen MR) is 141 cm³/mol. The number of carbonyl (C=O) groups excluding carboxylic acids is 2. The number of rotatable bonds is 10. The molecule has 0 heterocycles. The van der Waals surface area contributed by atoms with Crippen LogP contribution in [0, 0.1) is 11.3 Å². The van der Waals surface area contributed by atoms with E-state index in [0.717, 1.165) is 17.5 Å². The van der Waals surface area contributed by atoms with E-state index in [0.29, 0.717) is 32.8 Å². The molecule has 0 fully saturated rings. The van der Waals surface area contributed by atoms with Crippen LogP contribution in [0.15, 0.2) is 70.2 Å². The van der Waals surface area contributed by atoms with Gasteiger partial charge in [0.2, 0.25) is 11.8 Å². The van der Waals surface area contributed by atoms with Crippen LogP contribution in [0.3, 0.4) is 0 Å². The minimum atomic E-state index is -0.542. The van der Waals surface area contributed by atoms with Gasteiger partial charge in [-0.2, -0.15) is 10.4 Å². The number of anilines is 1. The topological polar surface area (TPSA) is 113 Å². The molecule has 184 valence electrons. The number of amides is 2. The van der Waals surface area contributed by atoms with E-state index in [9.17, 15) is 14.9 Å². The molecule has 2 N–H and O–H groups in total. The summed E-state index contributed by atoms with van der Waals surface area (Å²) in [5.41, 5.74) is 5.96. The number of hydrazone groups is 1. The van der Waals surface area contributed by atoms with Crippen LogP contribution in [0.5, 0.6) is 11.5 Å². The zero-order valence-electron chi connectivity index (χ0n) is 19.9. The lowest BCUT2D eigenvalue weighted by Gasteiger charge is -2.14. The second kappa shape index (κ2) is 13.1. The van der Waals surface area contributed by atoms with Gasteiger partial charge in [0.25, 0.3) is 0 Å². The molecule has 0 saturated heterocycles. The van der Waals surface area contributed by atoms with Crippen molar-refractivity contribution < 1.29 is 19.1 Å². The molecule has 0 saturated carbocycles. The summed E-state index contributed by atoms with van der Waals surface area (Å²) in [5, 5.41) is 16.0. The Labute approximate surface area is 218 Å². The van der Waals surface area contributed by atoms with Crippen LogP contribution in [-0.2, 0) is 22.6 Å². The molecular formula is C27H25BrN4O4. The lowest BCUT2D eigenvalue weighted by atomic mass is 10.1. The smallest absolute Gasteiger partial charge is 0.249 e. The van der Waals surface area contributed by atoms with E-state index in [4.69, 9.17) is 9.47 Å². The maximum Gasteiger partial charge on any atom is 0.249 e. The number of ether oxygens (including phenoxy) is 2. The first-order valence-electron chi connectivity index (χ1n) is 11.1. The molecule has 0 aromatic heterocycles. The number of hydrogen-bond donors (Lipinski definition) is 2. The van der Waals surface area contributed by atoms with E-state index < -0.39 is 11.8 Å². The van der Waals surface area contributed by atoms with Crippen LogP contribution < -0.4 is 20.2 Å². The summed E-state index contributed by atoms with van der Waals surface area (Å²) >= 11 is 3.47. The molecule has 0 spiro atoms. The van der Waals surface area contributed by atoms with Gasteiger partial charge in [-0.05, 0) is 57.7 Å². The van der Waals surface area contributed by atoms with Gasteiger partial charge in [-0.15, -0.1) is 0 Å². The molecule has 3 rings (SSSR count). The van der Waals surface area contributed by atoms with Gasteiger partial charge >= 0.3 is 0 Å². The van der Waals surface area contributed by atoms with Crippen molar-refractivity contribution in [2.45, 2.75) is 26.4 Å². The summed E-state index contributed by atoms with van der Waals surface area (Å²) < 4.78 is 12.0. The molecule has 3 aromatic carbocycles. The van der Waals surface area contributed by atoms with E-state index in [1.807, 2.05) is 37.3 Å². The second-order valence-corrected chi connectivity index (χ2v) is 8.47. The van der Waals surface area contributed by atoms with Crippen molar-refractivity contribution in [3.63, 3.8) is 0 Å². The van der Waals surface area contributed by atoms with E-state index in [-0.39, 0.29) is 13.0 Å². The molecule has 2 amide bonds. The average molecular weight is 549 g/mol. The molecule has 8 nitrogen and oxygen atoms in total. The summed E-state index contributed by atoms with van der Waals surface area (Å²) in [5.74, 6) is -0.0524. The number of nitriles is 1. The van der Waals surface area contributed by atoms with Crippen LogP contribution in [0.2, 0.25) is 0 Å². The molecule has 0 radical (unpaired) electrons. The fourth-order valence-electron chi connectivity index (χ4n) is 3.37. The normalized spacial score (nSPS) is 10.5. The molecule has 0 atom stereocenters. The van der Waals surface area contributed by atoms with Crippen molar-refractivity contribution >= 4 is 39.6 Å². The van der Waals surface area contributed by atoms with Crippen LogP contribution >= 0.6 is 15.9 Å². The predicted octanol–water partition coefficient (Wildman–Crippen LogP) is 4.95. The Balaban J connectivity index is 1.59. The number of halogens is 1. The number of para-hydroxylation sites is 1. The zero-order chi connectivity index (χ0) is 25.9. The molecule has 36 heavy (non-hydrogen) atoms. The van der Waals surface area contributed by atoms with Crippen molar-refractivity contribution in [3.05, 3.63) is 87.4 Å². The molecular weight excluding hydrogens is 524 g/mol. The van der Waals surface area contributed by atoms with Gasteiger partial charge in [-0.1, -0.05) is 43.3 Å². The van der Waals surface area contributed by atoms with Gasteiger partial charge in [0.05, 0.1) is 29.4 Å². The summed E-state index contributed by atoms with van der Waals surface area (Å²) in [7, 11) is 1.51. The highest BCUT2D eigenvalue weighted by Crippen LogP contribution is 2.37. The summed E-state index contributed by atoms with van der Waals surface area (Å²) in [6.45, 7) is 2.18. The van der Waals surface area contributed by atoms with Crippen molar-refractivity contribution in [1.29, 1.82) is 5.26 Å². The maximum absolute atomic E-state index is 12.2. The van der Waals surface area contributed by atoms with E-state index in [1.54, 1.807) is 30.3 Å². The fourth-order valence-corrected chi connectivity index (χ4v) is 3.94. The largest absolute Gasteiger partial charge is 0.493 e. The lowest BCUT2D eigenvalue weighted by molar-refractivity contribution is -0.126. The Morgan fingerprint density at radius 1 is 1.08 bits per heavy atom. The number of benzene rings is 3. The molecule has 0 aliphatic heterocycles. The Bertz CT molecular complexity index is 1320. The first kappa shape index (κ1) is 26.4. The van der Waals surface area contributed by atoms with Crippen molar-refractivity contribution in [3.8, 4) is 17.6 Å². The quantitative estimate of drug-likeness (QED) is 0.211. The number of nitrogens with one attached hydrogen (secondary N) is 2. The summed E-state index contributed by atoms with van der Waals surface area (Å²) in [6.07, 6.45) is 1.84. The van der Waals surface area contributed by atoms with Crippen LogP contribution in [0.4, 0.5) is 5.69 Å². The Morgan fingerprint density at radius 2 is 1.81 bits per heavy atom. The van der Waals surface area contributed by atoms with Crippen molar-refractivity contribution in [1.82, 2.24) is 5.43 Å². The number of hydrogen-bond acceptors (Lipinski definition) is 6.